The Labute approximate surface area is 200 Å². The van der Waals surface area contributed by atoms with Gasteiger partial charge in [0.15, 0.2) is 0 Å². The Morgan fingerprint density at radius 1 is 1.09 bits per heavy atom. The topological polar surface area (TPSA) is 94.7 Å². The van der Waals surface area contributed by atoms with Crippen LogP contribution in [0.2, 0.25) is 0 Å². The summed E-state index contributed by atoms with van der Waals surface area (Å²) >= 11 is 0. The van der Waals surface area contributed by atoms with Gasteiger partial charge in [-0.15, -0.1) is 0 Å². The molecular formula is C23H25F3N4O4S. The first-order valence-corrected chi connectivity index (χ1v) is 12.8. The number of hydrogen-bond donors (Lipinski definition) is 2. The minimum Gasteiger partial charge on any atom is -0.364 e. The zero-order valence-corrected chi connectivity index (χ0v) is 19.7. The molecule has 0 radical (unpaired) electrons. The van der Waals surface area contributed by atoms with Gasteiger partial charge in [0.1, 0.15) is 0 Å². The van der Waals surface area contributed by atoms with Gasteiger partial charge < -0.3 is 20.0 Å². The van der Waals surface area contributed by atoms with Gasteiger partial charge in [0.2, 0.25) is 0 Å². The Bertz CT molecular complexity index is 1300. The molecule has 0 amide bonds. The van der Waals surface area contributed by atoms with Crippen molar-refractivity contribution >= 4 is 38.3 Å². The molecule has 0 aliphatic carbocycles. The van der Waals surface area contributed by atoms with E-state index in [-0.39, 0.29) is 16.2 Å². The van der Waals surface area contributed by atoms with E-state index in [0.717, 1.165) is 42.5 Å². The van der Waals surface area contributed by atoms with E-state index >= 15 is 0 Å². The molecule has 1 fully saturated rings. The molecule has 0 spiro atoms. The first-order valence-electron chi connectivity index (χ1n) is 11.0. The van der Waals surface area contributed by atoms with Crippen LogP contribution in [0.4, 0.5) is 24.5 Å². The number of piperidine rings is 1. The molecule has 2 aromatic carbocycles. The van der Waals surface area contributed by atoms with Crippen molar-refractivity contribution in [2.75, 3.05) is 28.7 Å². The van der Waals surface area contributed by atoms with E-state index in [2.05, 4.69) is 26.1 Å². The Morgan fingerprint density at radius 3 is 2.51 bits per heavy atom. The van der Waals surface area contributed by atoms with Crippen LogP contribution in [0.25, 0.3) is 10.9 Å². The van der Waals surface area contributed by atoms with Gasteiger partial charge in [0, 0.05) is 35.4 Å². The molecule has 2 N–H and O–H groups in total. The van der Waals surface area contributed by atoms with Crippen molar-refractivity contribution < 1.29 is 31.2 Å². The maximum absolute atomic E-state index is 12.7. The molecule has 2 heterocycles. The van der Waals surface area contributed by atoms with Gasteiger partial charge in [-0.25, -0.2) is 13.2 Å². The monoisotopic (exact) mass is 510 g/mol. The normalized spacial score (nSPS) is 15.2. The summed E-state index contributed by atoms with van der Waals surface area (Å²) in [6, 6.07) is 14.2. The standard InChI is InChI=1S/C23H25F3N4O4S/c1-35(32,33)30(34-22(31)23(24,25)26)20-4-2-3-16(13-20)15-29(18-8-10-27-11-9-18)19-5-6-21-17(14-19)7-12-28-21/h2-7,12-14,18,27-28H,8-11,15H2,1H3. The minimum atomic E-state index is -5.34. The van der Waals surface area contributed by atoms with E-state index in [1.54, 1.807) is 6.07 Å². The van der Waals surface area contributed by atoms with Gasteiger partial charge >= 0.3 is 12.1 Å². The fraction of sp³-hybridized carbons (Fsp3) is 0.348. The number of H-pyrrole nitrogens is 1. The molecule has 0 unspecified atom stereocenters. The average molecular weight is 511 g/mol. The molecule has 188 valence electrons. The van der Waals surface area contributed by atoms with Crippen LogP contribution in [-0.4, -0.2) is 50.9 Å². The van der Waals surface area contributed by atoms with Crippen LogP contribution in [0.15, 0.2) is 54.7 Å². The van der Waals surface area contributed by atoms with Crippen molar-refractivity contribution in [2.24, 2.45) is 0 Å². The number of hydrogen-bond acceptors (Lipinski definition) is 6. The first kappa shape index (κ1) is 24.9. The maximum atomic E-state index is 12.7. The molecule has 3 aromatic rings. The maximum Gasteiger partial charge on any atom is 0.493 e. The van der Waals surface area contributed by atoms with Crippen LogP contribution in [0.5, 0.6) is 0 Å². The number of aromatic amines is 1. The SMILES string of the molecule is CS(=O)(=O)N(OC(=O)C(F)(F)F)c1cccc(CN(c2ccc3[nH]ccc3c2)C2CCNCC2)c1. The number of fused-ring (bicyclic) bond motifs is 1. The smallest absolute Gasteiger partial charge is 0.364 e. The Hall–Kier alpha value is -3.25. The van der Waals surface area contributed by atoms with Crippen molar-refractivity contribution in [3.8, 4) is 0 Å². The molecule has 0 bridgehead atoms. The number of aromatic nitrogens is 1. The second kappa shape index (κ2) is 9.78. The van der Waals surface area contributed by atoms with E-state index < -0.39 is 22.2 Å². The van der Waals surface area contributed by atoms with Gasteiger partial charge in [-0.2, -0.15) is 13.2 Å². The zero-order chi connectivity index (χ0) is 25.2. The molecule has 1 saturated heterocycles. The van der Waals surface area contributed by atoms with Gasteiger partial charge in [0.05, 0.1) is 11.9 Å². The van der Waals surface area contributed by atoms with E-state index in [0.29, 0.717) is 18.4 Å². The lowest BCUT2D eigenvalue weighted by molar-refractivity contribution is -0.199. The van der Waals surface area contributed by atoms with Crippen LogP contribution in [0.3, 0.4) is 0 Å². The predicted octanol–water partition coefficient (Wildman–Crippen LogP) is 3.71. The third kappa shape index (κ3) is 5.88. The van der Waals surface area contributed by atoms with Crippen LogP contribution < -0.4 is 14.7 Å². The van der Waals surface area contributed by atoms with E-state index in [1.807, 2.05) is 24.4 Å². The number of nitrogens with one attached hydrogen (secondary N) is 2. The zero-order valence-electron chi connectivity index (χ0n) is 18.9. The second-order valence-corrected chi connectivity index (χ2v) is 10.2. The summed E-state index contributed by atoms with van der Waals surface area (Å²) in [6.45, 7) is 2.07. The number of carbonyl (C=O) groups excluding carboxylic acids is 1. The predicted molar refractivity (Wildman–Crippen MR) is 126 cm³/mol. The van der Waals surface area contributed by atoms with Crippen molar-refractivity contribution in [3.63, 3.8) is 0 Å². The summed E-state index contributed by atoms with van der Waals surface area (Å²) < 4.78 is 62.5. The van der Waals surface area contributed by atoms with E-state index in [1.165, 1.54) is 18.2 Å². The summed E-state index contributed by atoms with van der Waals surface area (Å²) in [7, 11) is -4.34. The third-order valence-corrected chi connectivity index (χ3v) is 6.68. The lowest BCUT2D eigenvalue weighted by Crippen LogP contribution is -2.43. The van der Waals surface area contributed by atoms with Crippen molar-refractivity contribution in [1.29, 1.82) is 0 Å². The minimum absolute atomic E-state index is 0.00700. The average Bonchev–Trinajstić information content (AvgIpc) is 3.28. The summed E-state index contributed by atoms with van der Waals surface area (Å²) in [4.78, 5) is 21.0. The number of benzene rings is 2. The summed E-state index contributed by atoms with van der Waals surface area (Å²) in [6.07, 6.45) is -1.04. The third-order valence-electron chi connectivity index (χ3n) is 5.79. The van der Waals surface area contributed by atoms with E-state index in [9.17, 15) is 26.4 Å². The molecule has 0 atom stereocenters. The van der Waals surface area contributed by atoms with Gasteiger partial charge in [-0.05, 0) is 67.9 Å². The van der Waals surface area contributed by atoms with E-state index in [4.69, 9.17) is 0 Å². The highest BCUT2D eigenvalue weighted by Gasteiger charge is 2.44. The molecule has 0 saturated carbocycles. The quantitative estimate of drug-likeness (QED) is 0.471. The van der Waals surface area contributed by atoms with Crippen LogP contribution in [0.1, 0.15) is 18.4 Å². The second-order valence-electron chi connectivity index (χ2n) is 8.39. The molecule has 4 rings (SSSR count). The summed E-state index contributed by atoms with van der Waals surface area (Å²) in [5.74, 6) is -2.62. The number of anilines is 2. The van der Waals surface area contributed by atoms with Gasteiger partial charge in [-0.1, -0.05) is 16.6 Å². The summed E-state index contributed by atoms with van der Waals surface area (Å²) in [5, 5.41) is 4.38. The Kier molecular flexibility index (Phi) is 6.95. The number of alkyl halides is 3. The fourth-order valence-corrected chi connectivity index (χ4v) is 4.87. The molecule has 35 heavy (non-hydrogen) atoms. The first-order chi connectivity index (χ1) is 16.5. The summed E-state index contributed by atoms with van der Waals surface area (Å²) in [5.41, 5.74) is 2.41. The molecule has 1 aromatic heterocycles. The molecular weight excluding hydrogens is 485 g/mol. The Balaban J connectivity index is 1.66. The largest absolute Gasteiger partial charge is 0.493 e. The number of sulfonamides is 1. The number of halogens is 3. The lowest BCUT2D eigenvalue weighted by atomic mass is 10.0. The molecule has 8 nitrogen and oxygen atoms in total. The highest BCUT2D eigenvalue weighted by molar-refractivity contribution is 7.91. The van der Waals surface area contributed by atoms with Gasteiger partial charge in [-0.3, -0.25) is 0 Å². The van der Waals surface area contributed by atoms with Crippen LogP contribution in [0, 0.1) is 0 Å². The Morgan fingerprint density at radius 2 is 1.83 bits per heavy atom. The molecule has 1 aliphatic rings. The fourth-order valence-electron chi connectivity index (χ4n) is 4.17. The molecule has 12 heteroatoms. The highest BCUT2D eigenvalue weighted by atomic mass is 32.2. The molecule has 1 aliphatic heterocycles. The van der Waals surface area contributed by atoms with Crippen LogP contribution in [-0.2, 0) is 26.2 Å². The van der Waals surface area contributed by atoms with Crippen molar-refractivity contribution in [1.82, 2.24) is 10.3 Å². The highest BCUT2D eigenvalue weighted by Crippen LogP contribution is 2.29. The van der Waals surface area contributed by atoms with Crippen LogP contribution >= 0.6 is 0 Å². The van der Waals surface area contributed by atoms with Crippen molar-refractivity contribution in [2.45, 2.75) is 31.6 Å². The number of carbonyl (C=O) groups is 1. The lowest BCUT2D eigenvalue weighted by Gasteiger charge is -2.37. The van der Waals surface area contributed by atoms with Crippen molar-refractivity contribution in [3.05, 3.63) is 60.3 Å². The number of rotatable bonds is 7. The van der Waals surface area contributed by atoms with Gasteiger partial charge in [0.25, 0.3) is 10.0 Å². The number of nitrogens with zero attached hydrogens (tertiary/aromatic N) is 2.